The molecule has 0 unspecified atom stereocenters. The molecule has 231 valence electrons. The number of hydrogen-bond donors (Lipinski definition) is 1. The number of rotatable bonds is 22. The van der Waals surface area contributed by atoms with E-state index in [-0.39, 0.29) is 24.0 Å². The smallest absolute Gasteiger partial charge is 1.00 e. The zero-order chi connectivity index (χ0) is 28.4. The molecule has 0 amide bonds. The summed E-state index contributed by atoms with van der Waals surface area (Å²) in [6.07, 6.45) is 21.3. The third kappa shape index (κ3) is 12.7. The summed E-state index contributed by atoms with van der Waals surface area (Å²) in [5, 5.41) is 3.79. The van der Waals surface area contributed by atoms with Crippen molar-refractivity contribution < 1.29 is 24.0 Å². The summed E-state index contributed by atoms with van der Waals surface area (Å²) < 4.78 is 3.03. The van der Waals surface area contributed by atoms with Gasteiger partial charge in [-0.3, -0.25) is 0 Å². The predicted octanol–water partition coefficient (Wildman–Crippen LogP) is 6.34. The van der Waals surface area contributed by atoms with Crippen LogP contribution in [0.3, 0.4) is 0 Å². The van der Waals surface area contributed by atoms with Crippen LogP contribution in [0.25, 0.3) is 0 Å². The van der Waals surface area contributed by atoms with Crippen LogP contribution in [-0.2, 0) is 0 Å². The van der Waals surface area contributed by atoms with Gasteiger partial charge in [-0.25, -0.2) is 0 Å². The Kier molecular flexibility index (Phi) is 19.2. The Bertz CT molecular complexity index is 866. The molecule has 0 saturated carbocycles. The van der Waals surface area contributed by atoms with E-state index in [1.54, 1.807) is 0 Å². The van der Waals surface area contributed by atoms with Crippen molar-refractivity contribution in [3.8, 4) is 0 Å². The third-order valence-corrected chi connectivity index (χ3v) is 10.6. The minimum absolute atomic E-state index is 0. The van der Waals surface area contributed by atoms with Crippen molar-refractivity contribution in [2.45, 2.75) is 130 Å². The van der Waals surface area contributed by atoms with Crippen LogP contribution in [0.2, 0.25) is 0 Å². The Morgan fingerprint density at radius 2 is 0.829 bits per heavy atom. The second kappa shape index (κ2) is 21.7. The molecule has 0 bridgehead atoms. The summed E-state index contributed by atoms with van der Waals surface area (Å²) in [6, 6.07) is 14.5. The Labute approximate surface area is 277 Å². The molecule has 2 aromatic rings. The molecule has 0 saturated heterocycles. The van der Waals surface area contributed by atoms with E-state index < -0.39 is 0 Å². The molecule has 5 heteroatoms. The molecule has 0 spiro atoms. The first-order valence-corrected chi connectivity index (χ1v) is 18.6. The van der Waals surface area contributed by atoms with Gasteiger partial charge in [0.1, 0.15) is 0 Å². The minimum Gasteiger partial charge on any atom is -1.00 e. The Morgan fingerprint density at radius 1 is 0.488 bits per heavy atom. The van der Waals surface area contributed by atoms with Crippen molar-refractivity contribution in [3.63, 3.8) is 0 Å². The van der Waals surface area contributed by atoms with Crippen LogP contribution >= 0.6 is 0 Å². The molecule has 0 atom stereocenters. The number of halogens is 1. The number of anilines is 4. The Morgan fingerprint density at radius 3 is 1.15 bits per heavy atom. The van der Waals surface area contributed by atoms with Crippen LogP contribution in [0, 0.1) is 0 Å². The van der Waals surface area contributed by atoms with Gasteiger partial charge < -0.3 is 24.0 Å². The molecule has 0 fully saturated rings. The van der Waals surface area contributed by atoms with Gasteiger partial charge in [-0.1, -0.05) is 0 Å². The van der Waals surface area contributed by atoms with Gasteiger partial charge in [0.2, 0.25) is 0 Å². The first kappa shape index (κ1) is 36.3. The molecule has 3 nitrogen and oxygen atoms in total. The molecule has 41 heavy (non-hydrogen) atoms. The van der Waals surface area contributed by atoms with Crippen LogP contribution in [0.4, 0.5) is 22.7 Å². The predicted molar refractivity (Wildman–Crippen MR) is 182 cm³/mol. The molecule has 1 heterocycles. The zero-order valence-electron chi connectivity index (χ0n) is 26.8. The van der Waals surface area contributed by atoms with Gasteiger partial charge in [0.05, 0.1) is 0 Å². The molecular formula is C36H59IN3Se. The quantitative estimate of drug-likeness (QED) is 0.0739. The number of hydrogen-bond acceptors (Lipinski definition) is 3. The van der Waals surface area contributed by atoms with Crippen molar-refractivity contribution in [2.24, 2.45) is 0 Å². The number of fused-ring (bicyclic) bond motifs is 2. The topological polar surface area (TPSA) is 18.5 Å². The Balaban J connectivity index is 0.00000588. The van der Waals surface area contributed by atoms with Crippen molar-refractivity contribution in [3.05, 3.63) is 36.4 Å². The number of benzene rings is 2. The maximum atomic E-state index is 3.79. The van der Waals surface area contributed by atoms with Crippen LogP contribution in [0.15, 0.2) is 36.4 Å². The molecular weight excluding hydrogens is 680 g/mol. The summed E-state index contributed by atoms with van der Waals surface area (Å²) in [4.78, 5) is 5.36. The van der Waals surface area contributed by atoms with Gasteiger partial charge in [-0.2, -0.15) is 0 Å². The standard InChI is InChI=1S/C36H59N3Se.HI/c1-5-9-13-17-25-38(26-18-14-10-6-2)31-21-23-33-35(29-31)40-36-30-32(22-24-34(36)37-33)39(27-19-15-11-7-3)28-20-16-12-8-4;/h21-24,29-30,37H,5-20,25-28H2,1-4H3;1H/q+1;/p-1. The summed E-state index contributed by atoms with van der Waals surface area (Å²) in [5.41, 5.74) is 5.50. The molecule has 1 radical (unpaired) electrons. The van der Waals surface area contributed by atoms with Gasteiger partial charge >= 0.3 is 255 Å². The van der Waals surface area contributed by atoms with Gasteiger partial charge in [0.25, 0.3) is 0 Å². The van der Waals surface area contributed by atoms with Crippen molar-refractivity contribution >= 4 is 46.6 Å². The van der Waals surface area contributed by atoms with Crippen molar-refractivity contribution in [2.75, 3.05) is 41.3 Å². The third-order valence-electron chi connectivity index (χ3n) is 8.28. The monoisotopic (exact) mass is 740 g/mol. The number of nitrogens with zero attached hydrogens (tertiary/aromatic N) is 2. The maximum Gasteiger partial charge on any atom is -1.00 e. The number of nitrogens with one attached hydrogen (secondary N) is 1. The van der Waals surface area contributed by atoms with Gasteiger partial charge in [-0.05, 0) is 0 Å². The molecule has 1 aliphatic heterocycles. The summed E-state index contributed by atoms with van der Waals surface area (Å²) in [7, 11) is 0. The van der Waals surface area contributed by atoms with E-state index in [2.05, 4.69) is 79.2 Å². The fourth-order valence-corrected chi connectivity index (χ4v) is 7.92. The molecule has 2 aromatic carbocycles. The van der Waals surface area contributed by atoms with Crippen LogP contribution < -0.4 is 48.0 Å². The molecule has 3 rings (SSSR count). The molecule has 0 aliphatic carbocycles. The molecule has 1 N–H and O–H groups in total. The summed E-state index contributed by atoms with van der Waals surface area (Å²) in [6.45, 7) is 14.0. The van der Waals surface area contributed by atoms with E-state index in [1.807, 2.05) is 0 Å². The van der Waals surface area contributed by atoms with Crippen LogP contribution in [0.5, 0.6) is 0 Å². The average Bonchev–Trinajstić information content (AvgIpc) is 2.98. The average molecular weight is 740 g/mol. The summed E-state index contributed by atoms with van der Waals surface area (Å²) >= 11 is 0.327. The summed E-state index contributed by atoms with van der Waals surface area (Å²) in [5.74, 6) is 0. The van der Waals surface area contributed by atoms with E-state index in [0.717, 1.165) is 0 Å². The Hall–Kier alpha value is -0.911. The zero-order valence-corrected chi connectivity index (χ0v) is 30.7. The first-order chi connectivity index (χ1) is 19.7. The van der Waals surface area contributed by atoms with E-state index in [4.69, 9.17) is 0 Å². The van der Waals surface area contributed by atoms with E-state index >= 15 is 0 Å². The van der Waals surface area contributed by atoms with E-state index in [9.17, 15) is 0 Å². The second-order valence-corrected chi connectivity index (χ2v) is 14.1. The van der Waals surface area contributed by atoms with Crippen molar-refractivity contribution in [1.82, 2.24) is 0 Å². The number of unbranched alkanes of at least 4 members (excludes halogenated alkanes) is 12. The van der Waals surface area contributed by atoms with Gasteiger partial charge in [0, 0.05) is 0 Å². The molecule has 0 aromatic heterocycles. The van der Waals surface area contributed by atoms with E-state index in [0.29, 0.717) is 15.0 Å². The minimum atomic E-state index is 0. The van der Waals surface area contributed by atoms with E-state index in [1.165, 1.54) is 161 Å². The SMILES string of the molecule is CCCCCCN(CCCCCC)c1ccc2c(c1)[Se+]c1cc(N(CCCCCC)CCCCCC)ccc1N2.[I-]. The largest absolute Gasteiger partial charge is 1.00 e. The maximum absolute atomic E-state index is 3.79. The normalized spacial score (nSPS) is 11.8. The molecule has 1 aliphatic rings. The van der Waals surface area contributed by atoms with Gasteiger partial charge in [0.15, 0.2) is 0 Å². The van der Waals surface area contributed by atoms with Crippen molar-refractivity contribution in [1.29, 1.82) is 0 Å². The first-order valence-electron chi connectivity index (χ1n) is 16.9. The fourth-order valence-electron chi connectivity index (χ4n) is 5.71. The fraction of sp³-hybridized carbons (Fsp3) is 0.667. The second-order valence-electron chi connectivity index (χ2n) is 11.8. The van der Waals surface area contributed by atoms with Gasteiger partial charge in [-0.15, -0.1) is 0 Å². The van der Waals surface area contributed by atoms with Crippen LogP contribution in [-0.4, -0.2) is 41.1 Å². The van der Waals surface area contributed by atoms with Crippen LogP contribution in [0.1, 0.15) is 130 Å².